The van der Waals surface area contributed by atoms with Gasteiger partial charge >= 0.3 is 12.1 Å². The van der Waals surface area contributed by atoms with Crippen LogP contribution in [0.25, 0.3) is 11.1 Å². The number of carboxylic acids is 1. The summed E-state index contributed by atoms with van der Waals surface area (Å²) in [6, 6.07) is 16.4. The zero-order valence-electron chi connectivity index (χ0n) is 19.3. The molecule has 2 aliphatic carbocycles. The summed E-state index contributed by atoms with van der Waals surface area (Å²) in [5.74, 6) is -1.13. The van der Waals surface area contributed by atoms with Crippen LogP contribution in [0.1, 0.15) is 29.9 Å². The second-order valence-corrected chi connectivity index (χ2v) is 10.1. The van der Waals surface area contributed by atoms with Gasteiger partial charge in [0.15, 0.2) is 0 Å². The van der Waals surface area contributed by atoms with Gasteiger partial charge in [-0.3, -0.25) is 9.59 Å². The first-order valence-corrected chi connectivity index (χ1v) is 12.2. The number of benzene rings is 2. The van der Waals surface area contributed by atoms with Gasteiger partial charge in [0.2, 0.25) is 0 Å². The summed E-state index contributed by atoms with van der Waals surface area (Å²) in [7, 11) is 0. The van der Waals surface area contributed by atoms with E-state index in [0.717, 1.165) is 11.1 Å². The smallest absolute Gasteiger partial charge is 0.407 e. The lowest BCUT2D eigenvalue weighted by atomic mass is 9.98. The second kappa shape index (κ2) is 8.37. The zero-order chi connectivity index (χ0) is 24.2. The fourth-order valence-electron chi connectivity index (χ4n) is 6.14. The molecule has 4 atom stereocenters. The van der Waals surface area contributed by atoms with Crippen molar-refractivity contribution in [1.29, 1.82) is 0 Å². The number of ether oxygens (including phenoxy) is 2. The topological polar surface area (TPSA) is 105 Å². The maximum absolute atomic E-state index is 13.0. The number of carboxylic acid groups (broad SMARTS) is 1. The number of rotatable bonds is 6. The number of carbonyl (C=O) groups excluding carboxylic acids is 2. The average molecular weight is 477 g/mol. The van der Waals surface area contributed by atoms with Gasteiger partial charge in [-0.15, -0.1) is 0 Å². The van der Waals surface area contributed by atoms with E-state index >= 15 is 0 Å². The van der Waals surface area contributed by atoms with Gasteiger partial charge in [0.05, 0.1) is 5.41 Å². The Bertz CT molecular complexity index is 1150. The van der Waals surface area contributed by atoms with E-state index in [2.05, 4.69) is 29.6 Å². The van der Waals surface area contributed by atoms with Crippen molar-refractivity contribution in [3.8, 4) is 11.1 Å². The van der Waals surface area contributed by atoms with Crippen LogP contribution < -0.4 is 5.32 Å². The Balaban J connectivity index is 1.03. The molecule has 2 saturated heterocycles. The van der Waals surface area contributed by atoms with Gasteiger partial charge in [0.1, 0.15) is 12.7 Å². The number of piperidine rings is 1. The van der Waals surface area contributed by atoms with Gasteiger partial charge in [0.25, 0.3) is 5.91 Å². The predicted molar refractivity (Wildman–Crippen MR) is 126 cm³/mol. The van der Waals surface area contributed by atoms with E-state index in [9.17, 15) is 19.5 Å². The Morgan fingerprint density at radius 1 is 1.09 bits per heavy atom. The van der Waals surface area contributed by atoms with Crippen LogP contribution in [0.2, 0.25) is 0 Å². The van der Waals surface area contributed by atoms with Gasteiger partial charge in [-0.05, 0) is 41.0 Å². The Hall–Kier alpha value is -3.39. The summed E-state index contributed by atoms with van der Waals surface area (Å²) in [5.41, 5.74) is 3.89. The zero-order valence-corrected chi connectivity index (χ0v) is 19.3. The van der Waals surface area contributed by atoms with E-state index < -0.39 is 23.6 Å². The minimum absolute atomic E-state index is 0.0135. The van der Waals surface area contributed by atoms with Crippen molar-refractivity contribution in [3.05, 3.63) is 59.7 Å². The van der Waals surface area contributed by atoms with Crippen molar-refractivity contribution in [1.82, 2.24) is 10.2 Å². The summed E-state index contributed by atoms with van der Waals surface area (Å²) in [6.07, 6.45) is 0.121. The molecular weight excluding hydrogens is 448 g/mol. The van der Waals surface area contributed by atoms with Gasteiger partial charge in [-0.25, -0.2) is 4.79 Å². The van der Waals surface area contributed by atoms with E-state index in [4.69, 9.17) is 9.47 Å². The third kappa shape index (κ3) is 3.67. The quantitative estimate of drug-likeness (QED) is 0.664. The van der Waals surface area contributed by atoms with Crippen LogP contribution in [0.15, 0.2) is 48.5 Å². The first-order valence-electron chi connectivity index (χ1n) is 12.2. The fourth-order valence-corrected chi connectivity index (χ4v) is 6.14. The number of nitrogens with zero attached hydrogens (tertiary/aromatic N) is 1. The molecule has 0 spiro atoms. The minimum Gasteiger partial charge on any atom is -0.481 e. The predicted octanol–water partition coefficient (Wildman–Crippen LogP) is 2.86. The molecule has 0 radical (unpaired) electrons. The Morgan fingerprint density at radius 2 is 1.77 bits per heavy atom. The molecule has 0 aromatic heterocycles. The van der Waals surface area contributed by atoms with E-state index in [1.54, 1.807) is 4.90 Å². The molecule has 2 aromatic rings. The van der Waals surface area contributed by atoms with Gasteiger partial charge in [-0.2, -0.15) is 0 Å². The van der Waals surface area contributed by atoms with Crippen molar-refractivity contribution >= 4 is 18.0 Å². The molecule has 8 heteroatoms. The molecule has 0 bridgehead atoms. The highest BCUT2D eigenvalue weighted by Gasteiger charge is 2.66. The molecule has 4 aliphatic rings. The second-order valence-electron chi connectivity index (χ2n) is 10.1. The summed E-state index contributed by atoms with van der Waals surface area (Å²) < 4.78 is 11.3. The lowest BCUT2D eigenvalue weighted by Gasteiger charge is -2.26. The monoisotopic (exact) mass is 476 g/mol. The van der Waals surface area contributed by atoms with Crippen molar-refractivity contribution in [3.63, 3.8) is 0 Å². The van der Waals surface area contributed by atoms with Crippen LogP contribution in [-0.4, -0.2) is 66.9 Å². The maximum Gasteiger partial charge on any atom is 0.407 e. The standard InChI is InChI=1S/C27H28N2O6/c30-24(29-13-17-11-27(17,15-29)25(31)32)23-16(9-10-34-23)12-28-26(33)35-14-22-20-7-3-1-5-18(20)19-6-2-4-8-21(19)22/h1-8,16-17,22-23H,9-15H2,(H,28,33)(H,31,32)/t16-,17?,23-,27?/m0/s1. The van der Waals surface area contributed by atoms with Crippen molar-refractivity contribution in [2.45, 2.75) is 24.9 Å². The van der Waals surface area contributed by atoms with Crippen LogP contribution in [-0.2, 0) is 19.1 Å². The molecule has 35 heavy (non-hydrogen) atoms. The highest BCUT2D eigenvalue weighted by Crippen LogP contribution is 2.58. The highest BCUT2D eigenvalue weighted by molar-refractivity contribution is 5.86. The number of amides is 2. The normalized spacial score (nSPS) is 28.2. The number of hydrogen-bond donors (Lipinski definition) is 2. The van der Waals surface area contributed by atoms with E-state index in [-0.39, 0.29) is 43.4 Å². The van der Waals surface area contributed by atoms with Crippen LogP contribution in [0.5, 0.6) is 0 Å². The number of carbonyl (C=O) groups is 3. The lowest BCUT2D eigenvalue weighted by Crippen LogP contribution is -2.45. The first kappa shape index (κ1) is 22.1. The molecule has 1 saturated carbocycles. The summed E-state index contributed by atoms with van der Waals surface area (Å²) in [4.78, 5) is 38.8. The number of alkyl carbamates (subject to hydrolysis) is 1. The largest absolute Gasteiger partial charge is 0.481 e. The van der Waals surface area contributed by atoms with E-state index in [1.807, 2.05) is 24.3 Å². The van der Waals surface area contributed by atoms with Crippen molar-refractivity contribution in [2.24, 2.45) is 17.3 Å². The minimum atomic E-state index is -0.821. The van der Waals surface area contributed by atoms with Gasteiger partial charge in [0, 0.05) is 38.1 Å². The van der Waals surface area contributed by atoms with Gasteiger partial charge in [-0.1, -0.05) is 48.5 Å². The number of likely N-dealkylation sites (tertiary alicyclic amines) is 1. The molecule has 182 valence electrons. The fraction of sp³-hybridized carbons (Fsp3) is 0.444. The highest BCUT2D eigenvalue weighted by atomic mass is 16.5. The van der Waals surface area contributed by atoms with Crippen molar-refractivity contribution < 1.29 is 29.0 Å². The molecule has 6 rings (SSSR count). The third-order valence-electron chi connectivity index (χ3n) is 8.19. The van der Waals surface area contributed by atoms with Gasteiger partial charge < -0.3 is 24.8 Å². The van der Waals surface area contributed by atoms with Crippen LogP contribution in [0.4, 0.5) is 4.79 Å². The molecule has 2 aliphatic heterocycles. The Morgan fingerprint density at radius 3 is 2.43 bits per heavy atom. The summed E-state index contributed by atoms with van der Waals surface area (Å²) in [5, 5.41) is 12.3. The van der Waals surface area contributed by atoms with E-state index in [0.29, 0.717) is 26.0 Å². The molecule has 8 nitrogen and oxygen atoms in total. The van der Waals surface area contributed by atoms with Crippen LogP contribution in [0, 0.1) is 17.3 Å². The molecule has 2 aromatic carbocycles. The maximum atomic E-state index is 13.0. The number of aliphatic carboxylic acids is 1. The third-order valence-corrected chi connectivity index (χ3v) is 8.19. The Kier molecular flexibility index (Phi) is 5.29. The molecule has 2 heterocycles. The number of nitrogens with one attached hydrogen (secondary N) is 1. The van der Waals surface area contributed by atoms with Crippen molar-refractivity contribution in [2.75, 3.05) is 32.8 Å². The first-order chi connectivity index (χ1) is 17.0. The van der Waals surface area contributed by atoms with E-state index in [1.165, 1.54) is 11.1 Å². The molecule has 2 amide bonds. The SMILES string of the molecule is O=C(NC[C@@H]1CCO[C@@H]1C(=O)N1CC2CC2(C(=O)O)C1)OCC1c2ccccc2-c2ccccc21. The molecule has 3 fully saturated rings. The number of hydrogen-bond acceptors (Lipinski definition) is 5. The van der Waals surface area contributed by atoms with Crippen LogP contribution >= 0.6 is 0 Å². The Labute approximate surface area is 203 Å². The van der Waals surface area contributed by atoms with Crippen LogP contribution in [0.3, 0.4) is 0 Å². The lowest BCUT2D eigenvalue weighted by molar-refractivity contribution is -0.146. The average Bonchev–Trinajstić information content (AvgIpc) is 3.20. The molecular formula is C27H28N2O6. The summed E-state index contributed by atoms with van der Waals surface area (Å²) >= 11 is 0. The summed E-state index contributed by atoms with van der Waals surface area (Å²) in [6.45, 7) is 1.66. The molecule has 2 unspecified atom stereocenters. The number of fused-ring (bicyclic) bond motifs is 4. The molecule has 2 N–H and O–H groups in total.